The molecular weight excluding hydrogens is 250 g/mol. The predicted octanol–water partition coefficient (Wildman–Crippen LogP) is 2.71. The van der Waals surface area contributed by atoms with Gasteiger partial charge >= 0.3 is 0 Å². The van der Waals surface area contributed by atoms with E-state index in [0.29, 0.717) is 0 Å². The van der Waals surface area contributed by atoms with Crippen molar-refractivity contribution in [2.75, 3.05) is 20.3 Å². The van der Waals surface area contributed by atoms with E-state index < -0.39 is 0 Å². The van der Waals surface area contributed by atoms with Crippen molar-refractivity contribution in [3.05, 3.63) is 24.3 Å². The lowest BCUT2D eigenvalue weighted by Gasteiger charge is -2.11. The second-order valence-electron chi connectivity index (χ2n) is 6.49. The van der Waals surface area contributed by atoms with Gasteiger partial charge in [0, 0.05) is 12.6 Å². The zero-order chi connectivity index (χ0) is 13.5. The van der Waals surface area contributed by atoms with Crippen LogP contribution in [0.2, 0.25) is 0 Å². The van der Waals surface area contributed by atoms with Crippen molar-refractivity contribution in [3.8, 4) is 11.5 Å². The largest absolute Gasteiger partial charge is 0.497 e. The normalized spacial score (nSPS) is 36.8. The minimum atomic E-state index is 0.748. The maximum absolute atomic E-state index is 5.76. The number of hydrogen-bond acceptors (Lipinski definition) is 3. The van der Waals surface area contributed by atoms with Crippen LogP contribution < -0.4 is 14.8 Å². The molecule has 4 unspecified atom stereocenters. The molecule has 108 valence electrons. The summed E-state index contributed by atoms with van der Waals surface area (Å²) in [5, 5.41) is 3.70. The molecule has 1 aromatic carbocycles. The van der Waals surface area contributed by atoms with E-state index in [0.717, 1.165) is 54.4 Å². The van der Waals surface area contributed by atoms with Crippen LogP contribution >= 0.6 is 0 Å². The lowest BCUT2D eigenvalue weighted by atomic mass is 10.0. The van der Waals surface area contributed by atoms with Gasteiger partial charge in [-0.1, -0.05) is 0 Å². The Kier molecular flexibility index (Phi) is 3.10. The van der Waals surface area contributed by atoms with Crippen molar-refractivity contribution in [2.45, 2.75) is 25.3 Å². The van der Waals surface area contributed by atoms with Crippen molar-refractivity contribution >= 4 is 0 Å². The molecule has 3 heteroatoms. The van der Waals surface area contributed by atoms with Crippen LogP contribution in [0.15, 0.2) is 24.3 Å². The topological polar surface area (TPSA) is 30.5 Å². The van der Waals surface area contributed by atoms with Crippen LogP contribution in [0.25, 0.3) is 0 Å². The van der Waals surface area contributed by atoms with Gasteiger partial charge in [-0.2, -0.15) is 0 Å². The molecule has 0 spiro atoms. The molecule has 3 nitrogen and oxygen atoms in total. The Bertz CT molecular complexity index is 456. The fraction of sp³-hybridized carbons (Fsp3) is 0.647. The zero-order valence-electron chi connectivity index (χ0n) is 12.0. The van der Waals surface area contributed by atoms with E-state index in [4.69, 9.17) is 9.47 Å². The summed E-state index contributed by atoms with van der Waals surface area (Å²) in [7, 11) is 1.68. The van der Waals surface area contributed by atoms with E-state index >= 15 is 0 Å². The van der Waals surface area contributed by atoms with Gasteiger partial charge in [0.05, 0.1) is 7.11 Å². The Labute approximate surface area is 120 Å². The van der Waals surface area contributed by atoms with Gasteiger partial charge in [-0.25, -0.2) is 0 Å². The molecular formula is C17H23NO2. The fourth-order valence-electron chi connectivity index (χ4n) is 4.66. The van der Waals surface area contributed by atoms with E-state index in [1.54, 1.807) is 7.11 Å². The minimum Gasteiger partial charge on any atom is -0.497 e. The standard InChI is InChI=1S/C17H23NO2/c1-19-13-4-6-14(7-5-13)20-9-8-18-17-15-11-2-3-12(10-11)16(15)17/h4-7,11-12,15-18H,2-3,8-10H2,1H3. The predicted molar refractivity (Wildman–Crippen MR) is 78.1 cm³/mol. The number of rotatable bonds is 6. The highest BCUT2D eigenvalue weighted by molar-refractivity contribution is 5.31. The van der Waals surface area contributed by atoms with Crippen molar-refractivity contribution in [3.63, 3.8) is 0 Å². The van der Waals surface area contributed by atoms with Crippen LogP contribution in [-0.4, -0.2) is 26.3 Å². The molecule has 0 aliphatic heterocycles. The number of nitrogens with one attached hydrogen (secondary N) is 1. The average Bonchev–Trinajstić information content (AvgIpc) is 2.88. The van der Waals surface area contributed by atoms with Crippen molar-refractivity contribution in [1.29, 1.82) is 0 Å². The highest BCUT2D eigenvalue weighted by atomic mass is 16.5. The van der Waals surface area contributed by atoms with Crippen LogP contribution in [0.5, 0.6) is 11.5 Å². The SMILES string of the molecule is COc1ccc(OCCNC2C3C4CCC(C4)C23)cc1. The minimum absolute atomic E-state index is 0.748. The zero-order valence-corrected chi connectivity index (χ0v) is 12.0. The molecule has 0 radical (unpaired) electrons. The van der Waals surface area contributed by atoms with Crippen LogP contribution in [0.1, 0.15) is 19.3 Å². The van der Waals surface area contributed by atoms with Gasteiger partial charge in [0.1, 0.15) is 18.1 Å². The lowest BCUT2D eigenvalue weighted by Crippen LogP contribution is -2.27. The first-order valence-electron chi connectivity index (χ1n) is 7.87. The number of benzene rings is 1. The third-order valence-corrected chi connectivity index (χ3v) is 5.55. The van der Waals surface area contributed by atoms with E-state index in [9.17, 15) is 0 Å². The van der Waals surface area contributed by atoms with Gasteiger partial charge in [-0.3, -0.25) is 0 Å². The number of fused-ring (bicyclic) bond motifs is 5. The summed E-state index contributed by atoms with van der Waals surface area (Å²) in [5.41, 5.74) is 0. The van der Waals surface area contributed by atoms with E-state index in [1.807, 2.05) is 24.3 Å². The number of ether oxygens (including phenoxy) is 2. The molecule has 1 N–H and O–H groups in total. The quantitative estimate of drug-likeness (QED) is 0.808. The Morgan fingerprint density at radius 3 is 2.35 bits per heavy atom. The van der Waals surface area contributed by atoms with E-state index in [2.05, 4.69) is 5.32 Å². The molecule has 4 atom stereocenters. The Balaban J connectivity index is 1.19. The van der Waals surface area contributed by atoms with Crippen molar-refractivity contribution in [1.82, 2.24) is 5.32 Å². The molecule has 3 saturated carbocycles. The summed E-state index contributed by atoms with van der Waals surface area (Å²) in [5.74, 6) is 5.90. The molecule has 3 aliphatic rings. The number of methoxy groups -OCH3 is 1. The molecule has 0 aromatic heterocycles. The molecule has 3 aliphatic carbocycles. The summed E-state index contributed by atoms with van der Waals surface area (Å²) >= 11 is 0. The first kappa shape index (κ1) is 12.5. The fourth-order valence-corrected chi connectivity index (χ4v) is 4.66. The molecule has 3 fully saturated rings. The molecule has 0 saturated heterocycles. The second-order valence-corrected chi connectivity index (χ2v) is 6.49. The summed E-state index contributed by atoms with van der Waals surface area (Å²) in [6.45, 7) is 1.71. The van der Waals surface area contributed by atoms with Gasteiger partial charge in [-0.05, 0) is 67.2 Å². The average molecular weight is 273 g/mol. The van der Waals surface area contributed by atoms with E-state index in [1.165, 1.54) is 19.3 Å². The number of hydrogen-bond donors (Lipinski definition) is 1. The molecule has 0 heterocycles. The molecule has 1 aromatic rings. The van der Waals surface area contributed by atoms with E-state index in [-0.39, 0.29) is 0 Å². The first-order chi connectivity index (χ1) is 9.86. The monoisotopic (exact) mass is 273 g/mol. The van der Waals surface area contributed by atoms with Crippen LogP contribution in [0.3, 0.4) is 0 Å². The summed E-state index contributed by atoms with van der Waals surface area (Å²) in [6.07, 6.45) is 4.51. The second kappa shape index (κ2) is 4.96. The van der Waals surface area contributed by atoms with Crippen molar-refractivity contribution in [2.24, 2.45) is 23.7 Å². The first-order valence-corrected chi connectivity index (χ1v) is 7.87. The highest BCUT2D eigenvalue weighted by Crippen LogP contribution is 2.65. The molecule has 0 amide bonds. The molecule has 20 heavy (non-hydrogen) atoms. The van der Waals surface area contributed by atoms with Gasteiger partial charge in [0.2, 0.25) is 0 Å². The smallest absolute Gasteiger partial charge is 0.119 e. The summed E-state index contributed by atoms with van der Waals surface area (Å²) in [6, 6.07) is 8.61. The summed E-state index contributed by atoms with van der Waals surface area (Å²) in [4.78, 5) is 0. The lowest BCUT2D eigenvalue weighted by molar-refractivity contribution is 0.306. The van der Waals surface area contributed by atoms with Crippen LogP contribution in [-0.2, 0) is 0 Å². The van der Waals surface area contributed by atoms with Crippen LogP contribution in [0.4, 0.5) is 0 Å². The van der Waals surface area contributed by atoms with Gasteiger partial charge in [0.25, 0.3) is 0 Å². The summed E-state index contributed by atoms with van der Waals surface area (Å²) < 4.78 is 10.9. The Morgan fingerprint density at radius 2 is 1.70 bits per heavy atom. The van der Waals surface area contributed by atoms with Gasteiger partial charge in [0.15, 0.2) is 0 Å². The third-order valence-electron chi connectivity index (χ3n) is 5.55. The third kappa shape index (κ3) is 2.08. The van der Waals surface area contributed by atoms with Gasteiger partial charge in [-0.15, -0.1) is 0 Å². The van der Waals surface area contributed by atoms with Gasteiger partial charge < -0.3 is 14.8 Å². The highest BCUT2D eigenvalue weighted by Gasteiger charge is 2.64. The maximum atomic E-state index is 5.76. The van der Waals surface area contributed by atoms with Crippen molar-refractivity contribution < 1.29 is 9.47 Å². The Hall–Kier alpha value is -1.22. The molecule has 2 bridgehead atoms. The maximum Gasteiger partial charge on any atom is 0.119 e. The molecule has 4 rings (SSSR count). The van der Waals surface area contributed by atoms with Crippen LogP contribution in [0, 0.1) is 23.7 Å². The Morgan fingerprint density at radius 1 is 1.05 bits per heavy atom.